The largest absolute Gasteiger partial charge is 0.309 e. The first kappa shape index (κ1) is 68.7. The number of thiophene rings is 3. The van der Waals surface area contributed by atoms with Crippen LogP contribution in [0.2, 0.25) is 0 Å². The lowest BCUT2D eigenvalue weighted by molar-refractivity contribution is 1.18. The van der Waals surface area contributed by atoms with Crippen molar-refractivity contribution in [2.75, 3.05) is 0 Å². The monoisotopic (exact) mass is 1570 g/mol. The maximum Gasteiger partial charge on any atom is 0.0979 e. The van der Waals surface area contributed by atoms with Gasteiger partial charge in [0.2, 0.25) is 0 Å². The molecule has 0 unspecified atom stereocenters. The highest BCUT2D eigenvalue weighted by Gasteiger charge is 2.22. The Morgan fingerprint density at radius 1 is 0.210 bits per heavy atom. The molecule has 0 bridgehead atoms. The van der Waals surface area contributed by atoms with Crippen LogP contribution in [0.15, 0.2) is 389 Å². The molecule has 25 aromatic rings. The number of para-hydroxylation sites is 2. The van der Waals surface area contributed by atoms with E-state index in [1.54, 1.807) is 0 Å². The third-order valence-electron chi connectivity index (χ3n) is 24.2. The number of aryl methyl sites for hydroxylation is 1. The van der Waals surface area contributed by atoms with Crippen LogP contribution in [0, 0.1) is 6.92 Å². The predicted molar refractivity (Wildman–Crippen MR) is 510 cm³/mol. The van der Waals surface area contributed by atoms with Crippen LogP contribution < -0.4 is 0 Å². The summed E-state index contributed by atoms with van der Waals surface area (Å²) in [6.45, 7) is 2.13. The van der Waals surface area contributed by atoms with Crippen molar-refractivity contribution in [3.63, 3.8) is 0 Å². The Morgan fingerprint density at radius 3 is 0.992 bits per heavy atom. The summed E-state index contributed by atoms with van der Waals surface area (Å²) >= 11 is 5.61. The molecule has 0 saturated carbocycles. The topological polar surface area (TPSA) is 56.5 Å². The van der Waals surface area contributed by atoms with Crippen LogP contribution in [0.5, 0.6) is 0 Å². The van der Waals surface area contributed by atoms with Crippen LogP contribution >= 0.6 is 34.0 Å². The molecule has 5 nitrogen and oxygen atoms in total. The SMILES string of the molecule is Cc1cccc(-c2cnc3c4cc(-c5cccc(-c6cccc7c6sc6ccccc67)c5)ccc4c4ccc(-c5cccc(-n6c7ccccc7c7ccccc76)c5)cc4c3n2)c1.c1cc(-c2ccc3c4ccccc4c4nc(-c5cccc(-c6cccc7c6sc6ccccc67)c5)cnc4c3c2)cc(-c2cccc3c2sc2ccccc23)c1. The third kappa shape index (κ3) is 11.5. The van der Waals surface area contributed by atoms with E-state index < -0.39 is 0 Å². The predicted octanol–water partition coefficient (Wildman–Crippen LogP) is 31.7. The van der Waals surface area contributed by atoms with Gasteiger partial charge in [-0.2, -0.15) is 0 Å². The van der Waals surface area contributed by atoms with Gasteiger partial charge in [0, 0.05) is 110 Å². The molecular weight excluding hydrogens is 1500 g/mol. The Morgan fingerprint density at radius 2 is 0.529 bits per heavy atom. The summed E-state index contributed by atoms with van der Waals surface area (Å²) in [5.41, 5.74) is 26.5. The lowest BCUT2D eigenvalue weighted by atomic mass is 9.92. The van der Waals surface area contributed by atoms with Crippen molar-refractivity contribution < 1.29 is 0 Å². The quantitative estimate of drug-likeness (QED) is 0.135. The summed E-state index contributed by atoms with van der Waals surface area (Å²) in [6, 6.07) is 137. The van der Waals surface area contributed by atoms with Gasteiger partial charge < -0.3 is 4.57 Å². The number of hydrogen-bond acceptors (Lipinski definition) is 7. The second kappa shape index (κ2) is 27.8. The molecule has 6 aromatic heterocycles. The molecule has 0 atom stereocenters. The van der Waals surface area contributed by atoms with Crippen molar-refractivity contribution in [1.29, 1.82) is 0 Å². The fourth-order valence-electron chi connectivity index (χ4n) is 18.5. The number of fused-ring (bicyclic) bond motifs is 24. The van der Waals surface area contributed by atoms with E-state index in [9.17, 15) is 0 Å². The van der Waals surface area contributed by atoms with E-state index in [4.69, 9.17) is 19.9 Å². The zero-order valence-electron chi connectivity index (χ0n) is 64.4. The zero-order valence-corrected chi connectivity index (χ0v) is 66.9. The highest BCUT2D eigenvalue weighted by molar-refractivity contribution is 7.27. The summed E-state index contributed by atoms with van der Waals surface area (Å²) in [5, 5.41) is 19.5. The van der Waals surface area contributed by atoms with Crippen molar-refractivity contribution in [3.05, 3.63) is 394 Å². The molecule has 119 heavy (non-hydrogen) atoms. The first-order valence-electron chi connectivity index (χ1n) is 40.3. The average molecular weight is 1570 g/mol. The van der Waals surface area contributed by atoms with Gasteiger partial charge in [-0.15, -0.1) is 34.0 Å². The molecule has 19 aromatic carbocycles. The molecule has 0 aliphatic carbocycles. The van der Waals surface area contributed by atoms with Gasteiger partial charge in [0.1, 0.15) is 0 Å². The minimum absolute atomic E-state index is 0.866. The number of benzene rings is 19. The summed E-state index contributed by atoms with van der Waals surface area (Å²) in [5.74, 6) is 0. The van der Waals surface area contributed by atoms with Crippen molar-refractivity contribution in [1.82, 2.24) is 24.5 Å². The van der Waals surface area contributed by atoms with Crippen LogP contribution in [-0.2, 0) is 0 Å². The summed E-state index contributed by atoms with van der Waals surface area (Å²) in [6.07, 6.45) is 3.90. The van der Waals surface area contributed by atoms with Gasteiger partial charge in [0.15, 0.2) is 0 Å². The Kier molecular flexibility index (Phi) is 16.1. The van der Waals surface area contributed by atoms with Gasteiger partial charge in [-0.1, -0.05) is 297 Å². The van der Waals surface area contributed by atoms with E-state index in [1.165, 1.54) is 143 Å². The maximum atomic E-state index is 5.46. The molecule has 0 fully saturated rings. The third-order valence-corrected chi connectivity index (χ3v) is 27.8. The second-order valence-electron chi connectivity index (χ2n) is 31.1. The molecule has 0 saturated heterocycles. The van der Waals surface area contributed by atoms with Crippen LogP contribution in [0.3, 0.4) is 0 Å². The molecule has 0 spiro atoms. The van der Waals surface area contributed by atoms with Crippen molar-refractivity contribution in [2.45, 2.75) is 6.92 Å². The number of aromatic nitrogens is 5. The molecule has 8 heteroatoms. The Hall–Kier alpha value is -14.6. The first-order chi connectivity index (χ1) is 58.9. The molecule has 0 N–H and O–H groups in total. The lowest BCUT2D eigenvalue weighted by Gasteiger charge is -2.14. The Bertz CT molecular complexity index is 8310. The molecule has 0 aliphatic rings. The van der Waals surface area contributed by atoms with Crippen molar-refractivity contribution in [3.8, 4) is 95.0 Å². The molecule has 25 rings (SSSR count). The van der Waals surface area contributed by atoms with Gasteiger partial charge in [-0.25, -0.2) is 9.97 Å². The highest BCUT2D eigenvalue weighted by atomic mass is 32.1. The molecule has 0 amide bonds. The van der Waals surface area contributed by atoms with Crippen molar-refractivity contribution >= 4 is 181 Å². The highest BCUT2D eigenvalue weighted by Crippen LogP contribution is 2.48. The van der Waals surface area contributed by atoms with E-state index in [0.29, 0.717) is 0 Å². The minimum atomic E-state index is 0.866. The molecule has 6 heterocycles. The normalized spacial score (nSPS) is 11.9. The average Bonchev–Trinajstić information content (AvgIpc) is 1.67. The van der Waals surface area contributed by atoms with Gasteiger partial charge in [-0.3, -0.25) is 9.97 Å². The van der Waals surface area contributed by atoms with Gasteiger partial charge >= 0.3 is 0 Å². The summed E-state index contributed by atoms with van der Waals surface area (Å²) in [7, 11) is 0. The summed E-state index contributed by atoms with van der Waals surface area (Å²) in [4.78, 5) is 21.3. The van der Waals surface area contributed by atoms with Crippen LogP contribution in [0.4, 0.5) is 0 Å². The minimum Gasteiger partial charge on any atom is -0.309 e. The number of rotatable bonds is 9. The fourth-order valence-corrected chi connectivity index (χ4v) is 22.3. The second-order valence-corrected chi connectivity index (χ2v) is 34.3. The standard InChI is InChI=1S/C59H37N3S.C52H30N2S2/c1-36-12-8-16-42(30-36)53-35-60-57-51-33-39(37-13-9-15-41(31-37)44-21-11-22-50-49-20-4-7-25-56(49)63-59(44)50)26-28-45(51)46-29-27-40(34-52(46)58(57)61-53)38-14-10-17-43(32-38)62-54-23-5-2-18-47(54)48-19-3-6-24-55(48)62;1-2-18-42-38(15-1)39-26-25-32(31-11-7-12-33(27-31)36-19-9-21-43-40-16-3-5-23-47(40)55-51(36)43)29-45(39)49-50(42)54-46(30-53-49)35-14-8-13-34(28-35)37-20-10-22-44-41-17-4-6-24-48(41)56-52(37)44/h2-35H,1H3;1-30H. The van der Waals surface area contributed by atoms with Crippen LogP contribution in [0.25, 0.3) is 242 Å². The smallest absolute Gasteiger partial charge is 0.0979 e. The van der Waals surface area contributed by atoms with E-state index in [1.807, 2.05) is 46.4 Å². The van der Waals surface area contributed by atoms with Gasteiger partial charge in [0.25, 0.3) is 0 Å². The first-order valence-corrected chi connectivity index (χ1v) is 42.8. The van der Waals surface area contributed by atoms with Gasteiger partial charge in [0.05, 0.1) is 56.9 Å². The molecule has 0 radical (unpaired) electrons. The zero-order chi connectivity index (χ0) is 78.3. The van der Waals surface area contributed by atoms with E-state index >= 15 is 0 Å². The van der Waals surface area contributed by atoms with E-state index in [2.05, 4.69) is 388 Å². The number of hydrogen-bond donors (Lipinski definition) is 0. The van der Waals surface area contributed by atoms with E-state index in [-0.39, 0.29) is 0 Å². The van der Waals surface area contributed by atoms with Gasteiger partial charge in [-0.05, 0) is 180 Å². The Balaban J connectivity index is 0.000000136. The van der Waals surface area contributed by atoms with Crippen molar-refractivity contribution in [2.24, 2.45) is 0 Å². The Labute approximate surface area is 696 Å². The van der Waals surface area contributed by atoms with Crippen LogP contribution in [0.1, 0.15) is 5.56 Å². The molecule has 0 aliphatic heterocycles. The molecular formula is C111H67N5S3. The maximum absolute atomic E-state index is 5.46. The van der Waals surface area contributed by atoms with E-state index in [0.717, 1.165) is 105 Å². The van der Waals surface area contributed by atoms with Crippen LogP contribution in [-0.4, -0.2) is 24.5 Å². The molecule has 554 valence electrons. The fraction of sp³-hybridized carbons (Fsp3) is 0.00901. The lowest BCUT2D eigenvalue weighted by Crippen LogP contribution is -1.95. The number of nitrogens with zero attached hydrogens (tertiary/aromatic N) is 5. The summed E-state index contributed by atoms with van der Waals surface area (Å²) < 4.78 is 10.3.